The van der Waals surface area contributed by atoms with E-state index in [0.717, 1.165) is 6.92 Å². The van der Waals surface area contributed by atoms with E-state index in [1.807, 2.05) is 0 Å². The molecule has 0 aromatic heterocycles. The molecule has 4 rings (SSSR count). The second kappa shape index (κ2) is 18.6. The summed E-state index contributed by atoms with van der Waals surface area (Å²) in [7, 11) is 0. The molecule has 18 atom stereocenters. The first-order chi connectivity index (χ1) is 23.0. The molecule has 3 aliphatic heterocycles. The summed E-state index contributed by atoms with van der Waals surface area (Å²) in [6.45, 7) is 0.621. The first-order valence-corrected chi connectivity index (χ1v) is 16.2. The first-order valence-electron chi connectivity index (χ1n) is 16.2. The normalized spacial score (nSPS) is 45.2. The standard InChI is InChI=1S/C29H49NO19.Na/c1-10-18(36)21(39)22(40)26(44-10)45-14-5-3-4-6-15(14)46-27-23(41)25(20(38)16(9-32)47-27)49-29(28(42)43)7-12(34)17(30-11(2)33)24(48-29)19(37)13(35)8-31;/h10,12-27,31-32,34-41H,3-9H2,1-2H3,(H,30,33)(H,42,43);/q;+1/p-1/t10?,12?,13?,14?,15?,16-,17?,18?,19?,20?,21?,22?,23?,24?,25?,26?,27?,29?;/m1./s1. The maximum Gasteiger partial charge on any atom is 1.00 e. The fourth-order valence-corrected chi connectivity index (χ4v) is 6.61. The van der Waals surface area contributed by atoms with Gasteiger partial charge in [0, 0.05) is 13.3 Å². The molecule has 0 bridgehead atoms. The Morgan fingerprint density at radius 3 is 2.00 bits per heavy atom. The van der Waals surface area contributed by atoms with Crippen LogP contribution < -0.4 is 40.0 Å². The molecule has 21 heteroatoms. The number of carbonyl (C=O) groups excluding carboxylic acids is 2. The number of carboxylic acid groups (broad SMARTS) is 1. The van der Waals surface area contributed by atoms with E-state index in [1.165, 1.54) is 6.92 Å². The number of rotatable bonds is 12. The van der Waals surface area contributed by atoms with Crippen molar-refractivity contribution in [3.05, 3.63) is 0 Å². The van der Waals surface area contributed by atoms with Gasteiger partial charge in [0.05, 0.1) is 43.7 Å². The molecule has 0 spiro atoms. The second-order valence-electron chi connectivity index (χ2n) is 13.0. The molecule has 3 heterocycles. The molecule has 4 aliphatic rings. The molecule has 1 aliphatic carbocycles. The van der Waals surface area contributed by atoms with Gasteiger partial charge in [-0.3, -0.25) is 4.79 Å². The smallest absolute Gasteiger partial charge is 0.544 e. The van der Waals surface area contributed by atoms with Gasteiger partial charge in [-0.2, -0.15) is 0 Å². The number of carboxylic acids is 1. The van der Waals surface area contributed by atoms with Crippen LogP contribution in [-0.4, -0.2) is 186 Å². The third-order valence-corrected chi connectivity index (χ3v) is 9.39. The fourth-order valence-electron chi connectivity index (χ4n) is 6.61. The molecule has 4 fully saturated rings. The summed E-state index contributed by atoms with van der Waals surface area (Å²) < 4.78 is 34.3. The van der Waals surface area contributed by atoms with Crippen LogP contribution in [0, 0.1) is 0 Å². The number of hydrogen-bond donors (Lipinski definition) is 11. The number of aliphatic carboxylic acids is 1. The van der Waals surface area contributed by atoms with Gasteiger partial charge in [0.15, 0.2) is 12.6 Å². The molecule has 0 aromatic rings. The Morgan fingerprint density at radius 1 is 0.900 bits per heavy atom. The van der Waals surface area contributed by atoms with Crippen molar-refractivity contribution in [1.82, 2.24) is 5.32 Å². The molecular weight excluding hydrogens is 689 g/mol. The number of aliphatic hydroxyl groups excluding tert-OH is 10. The van der Waals surface area contributed by atoms with E-state index in [0.29, 0.717) is 25.7 Å². The van der Waals surface area contributed by atoms with Gasteiger partial charge in [-0.05, 0) is 19.8 Å². The van der Waals surface area contributed by atoms with Gasteiger partial charge in [0.25, 0.3) is 0 Å². The number of hydrogen-bond acceptors (Lipinski definition) is 19. The number of carbonyl (C=O) groups is 2. The summed E-state index contributed by atoms with van der Waals surface area (Å²) in [6, 6.07) is -1.53. The Morgan fingerprint density at radius 2 is 1.48 bits per heavy atom. The zero-order valence-corrected chi connectivity index (χ0v) is 29.9. The van der Waals surface area contributed by atoms with E-state index >= 15 is 0 Å². The van der Waals surface area contributed by atoms with Crippen LogP contribution in [0.3, 0.4) is 0 Å². The van der Waals surface area contributed by atoms with Crippen molar-refractivity contribution < 1.29 is 124 Å². The van der Waals surface area contributed by atoms with E-state index in [-0.39, 0.29) is 29.6 Å². The van der Waals surface area contributed by atoms with Crippen LogP contribution >= 0.6 is 0 Å². The van der Waals surface area contributed by atoms with Gasteiger partial charge < -0.3 is 94.7 Å². The minimum atomic E-state index is -3.06. The van der Waals surface area contributed by atoms with E-state index in [1.54, 1.807) is 0 Å². The quantitative estimate of drug-likeness (QED) is 0.0828. The maximum atomic E-state index is 12.6. The van der Waals surface area contributed by atoms with Crippen molar-refractivity contribution >= 4 is 11.9 Å². The van der Waals surface area contributed by atoms with Crippen LogP contribution in [-0.2, 0) is 38.0 Å². The summed E-state index contributed by atoms with van der Waals surface area (Å²) in [5.74, 6) is -5.94. The van der Waals surface area contributed by atoms with E-state index in [4.69, 9.17) is 28.4 Å². The third kappa shape index (κ3) is 9.50. The zero-order chi connectivity index (χ0) is 36.4. The molecule has 17 unspecified atom stereocenters. The van der Waals surface area contributed by atoms with Gasteiger partial charge in [-0.15, -0.1) is 0 Å². The van der Waals surface area contributed by atoms with Gasteiger partial charge in [-0.1, -0.05) is 12.8 Å². The SMILES string of the molecule is CC(=O)NC1C(O)CC(OC2C(O)C(OC3CCCCC3OC3OC(C)C(O)C(O)C3O)O[C@H](CO)C2O)(C(=O)[O-])OC1C(O)C(O)CO.[Na+]. The Balaban J connectivity index is 0.00000676. The molecule has 3 saturated heterocycles. The topological polar surface area (TPSA) is 327 Å². The summed E-state index contributed by atoms with van der Waals surface area (Å²) in [5.41, 5.74) is 0. The zero-order valence-electron chi connectivity index (χ0n) is 27.9. The second-order valence-corrected chi connectivity index (χ2v) is 13.0. The average Bonchev–Trinajstić information content (AvgIpc) is 3.06. The van der Waals surface area contributed by atoms with Crippen LogP contribution in [0.2, 0.25) is 0 Å². The van der Waals surface area contributed by atoms with Crippen molar-refractivity contribution in [1.29, 1.82) is 0 Å². The Bertz CT molecular complexity index is 1110. The minimum Gasteiger partial charge on any atom is -0.544 e. The minimum absolute atomic E-state index is 0. The number of aliphatic hydroxyl groups is 10. The Labute approximate surface area is 309 Å². The van der Waals surface area contributed by atoms with Crippen LogP contribution in [0.4, 0.5) is 0 Å². The number of nitrogens with one attached hydrogen (secondary N) is 1. The van der Waals surface area contributed by atoms with E-state index in [9.17, 15) is 65.8 Å². The van der Waals surface area contributed by atoms with Gasteiger partial charge >= 0.3 is 29.6 Å². The molecule has 0 aromatic carbocycles. The summed E-state index contributed by atoms with van der Waals surface area (Å²) in [4.78, 5) is 24.4. The molecule has 1 saturated carbocycles. The summed E-state index contributed by atoms with van der Waals surface area (Å²) >= 11 is 0. The van der Waals surface area contributed by atoms with Crippen molar-refractivity contribution in [2.45, 2.75) is 156 Å². The monoisotopic (exact) mass is 737 g/mol. The van der Waals surface area contributed by atoms with Gasteiger partial charge in [-0.25, -0.2) is 0 Å². The van der Waals surface area contributed by atoms with E-state index in [2.05, 4.69) is 5.32 Å². The first kappa shape index (κ1) is 43.7. The van der Waals surface area contributed by atoms with Crippen molar-refractivity contribution in [2.24, 2.45) is 0 Å². The van der Waals surface area contributed by atoms with Crippen molar-refractivity contribution in [2.75, 3.05) is 13.2 Å². The summed E-state index contributed by atoms with van der Waals surface area (Å²) in [5, 5.41) is 119. The predicted molar refractivity (Wildman–Crippen MR) is 153 cm³/mol. The maximum absolute atomic E-state index is 12.6. The third-order valence-electron chi connectivity index (χ3n) is 9.39. The molecule has 20 nitrogen and oxygen atoms in total. The number of amides is 1. The number of ether oxygens (including phenoxy) is 6. The molecular formula is C29H48NNaO19. The van der Waals surface area contributed by atoms with Crippen LogP contribution in [0.5, 0.6) is 0 Å². The molecule has 1 amide bonds. The van der Waals surface area contributed by atoms with E-state index < -0.39 is 141 Å². The largest absolute Gasteiger partial charge is 1.00 e. The van der Waals surface area contributed by atoms with Crippen LogP contribution in [0.25, 0.3) is 0 Å². The van der Waals surface area contributed by atoms with Crippen molar-refractivity contribution in [3.63, 3.8) is 0 Å². The van der Waals surface area contributed by atoms with Gasteiger partial charge in [0.1, 0.15) is 67.0 Å². The molecule has 0 radical (unpaired) electrons. The Hall–Kier alpha value is -0.700. The van der Waals surface area contributed by atoms with Crippen molar-refractivity contribution in [3.8, 4) is 0 Å². The Kier molecular flexibility index (Phi) is 16.2. The average molecular weight is 738 g/mol. The fraction of sp³-hybridized carbons (Fsp3) is 0.931. The van der Waals surface area contributed by atoms with Crippen LogP contribution in [0.15, 0.2) is 0 Å². The summed E-state index contributed by atoms with van der Waals surface area (Å²) in [6.07, 6.45) is -24.7. The predicted octanol–water partition coefficient (Wildman–Crippen LogP) is -10.2. The molecule has 284 valence electrons. The van der Waals surface area contributed by atoms with Gasteiger partial charge in [0.2, 0.25) is 11.7 Å². The molecule has 50 heavy (non-hydrogen) atoms. The molecule has 11 N–H and O–H groups in total. The van der Waals surface area contributed by atoms with Crippen LogP contribution in [0.1, 0.15) is 46.0 Å².